The summed E-state index contributed by atoms with van der Waals surface area (Å²) in [7, 11) is -3.42. The van der Waals surface area contributed by atoms with Crippen molar-refractivity contribution < 1.29 is 12.8 Å². The predicted molar refractivity (Wildman–Crippen MR) is 98.5 cm³/mol. The second kappa shape index (κ2) is 6.48. The molecule has 2 heterocycles. The summed E-state index contributed by atoms with van der Waals surface area (Å²) in [4.78, 5) is 6.77. The summed E-state index contributed by atoms with van der Waals surface area (Å²) in [5.41, 5.74) is 0.393. The maximum Gasteiger partial charge on any atom is 0.176 e. The molecule has 2 aromatic carbocycles. The molecule has 1 N–H and O–H groups in total. The van der Waals surface area contributed by atoms with Crippen molar-refractivity contribution in [3.05, 3.63) is 58.9 Å². The van der Waals surface area contributed by atoms with Crippen molar-refractivity contribution in [2.45, 2.75) is 29.9 Å². The Morgan fingerprint density at radius 1 is 1.19 bits per heavy atom. The first-order valence-corrected chi connectivity index (χ1v) is 10.5. The largest absolute Gasteiger partial charge is 0.321 e. The van der Waals surface area contributed by atoms with Crippen molar-refractivity contribution in [3.63, 3.8) is 0 Å². The molecule has 0 radical (unpaired) electrons. The zero-order valence-electron chi connectivity index (χ0n) is 14.4. The van der Waals surface area contributed by atoms with Gasteiger partial charge in [0.2, 0.25) is 0 Å². The van der Waals surface area contributed by atoms with Crippen molar-refractivity contribution in [1.29, 1.82) is 0 Å². The van der Waals surface area contributed by atoms with Crippen LogP contribution >= 0.6 is 0 Å². The molecule has 1 saturated heterocycles. The highest BCUT2D eigenvalue weighted by Gasteiger charge is 2.32. The summed E-state index contributed by atoms with van der Waals surface area (Å²) in [6.07, 6.45) is 4.55. The molecule has 5 nitrogen and oxygen atoms in total. The lowest BCUT2D eigenvalue weighted by atomic mass is 10.1. The fourth-order valence-corrected chi connectivity index (χ4v) is 4.52. The zero-order valence-corrected chi connectivity index (χ0v) is 15.2. The third kappa shape index (κ3) is 3.01. The van der Waals surface area contributed by atoms with E-state index in [1.807, 2.05) is 0 Å². The van der Waals surface area contributed by atoms with Gasteiger partial charge in [-0.2, -0.15) is 0 Å². The molecule has 136 valence electrons. The van der Waals surface area contributed by atoms with Gasteiger partial charge in [-0.15, -0.1) is 0 Å². The Bertz CT molecular complexity index is 1060. The molecule has 26 heavy (non-hydrogen) atoms. The standard InChI is InChI=1S/C19H20FN3O2S/c1-26(24,25)18-10-4-7-15-13(18)12-23(17-9-3-2-6-14(17)20)19(22-15)16-8-5-11-21-16/h2-4,6-7,9-10,12,16,19,21H,5,8,11H2,1H3/t16?,19-/m1/s1. The molecule has 0 bridgehead atoms. The molecule has 0 aromatic heterocycles. The van der Waals surface area contributed by atoms with Crippen molar-refractivity contribution in [2.24, 2.45) is 4.99 Å². The second-order valence-corrected chi connectivity index (χ2v) is 8.68. The maximum atomic E-state index is 14.5. The third-order valence-corrected chi connectivity index (χ3v) is 6.01. The fraction of sp³-hybridized carbons (Fsp3) is 0.316. The van der Waals surface area contributed by atoms with Gasteiger partial charge in [0.25, 0.3) is 0 Å². The molecular weight excluding hydrogens is 353 g/mol. The number of benzene rings is 2. The first-order valence-electron chi connectivity index (χ1n) is 8.60. The Labute approximate surface area is 151 Å². The molecule has 1 unspecified atom stereocenters. The van der Waals surface area contributed by atoms with E-state index in [9.17, 15) is 12.8 Å². The fourth-order valence-electron chi connectivity index (χ4n) is 3.64. The van der Waals surface area contributed by atoms with Crippen LogP contribution < -0.4 is 20.8 Å². The Balaban J connectivity index is 1.96. The van der Waals surface area contributed by atoms with Crippen LogP contribution in [0.5, 0.6) is 0 Å². The SMILES string of the molecule is CS(=O)(=O)c1cccc2c1=CN(c1ccccc1F)[C@H](C1CCCN1)N=2. The number of nitrogens with one attached hydrogen (secondary N) is 1. The number of sulfone groups is 1. The lowest BCUT2D eigenvalue weighted by Gasteiger charge is -2.34. The minimum atomic E-state index is -3.42. The normalized spacial score (nSPS) is 22.5. The molecule has 0 spiro atoms. The van der Waals surface area contributed by atoms with Crippen molar-refractivity contribution in [1.82, 2.24) is 5.32 Å². The summed E-state index contributed by atoms with van der Waals surface area (Å²) >= 11 is 0. The number of rotatable bonds is 3. The Hall–Kier alpha value is -2.25. The Morgan fingerprint density at radius 3 is 2.69 bits per heavy atom. The van der Waals surface area contributed by atoms with Gasteiger partial charge in [-0.1, -0.05) is 18.2 Å². The molecule has 0 amide bonds. The molecule has 1 fully saturated rings. The summed E-state index contributed by atoms with van der Waals surface area (Å²) in [5, 5.41) is 4.56. The predicted octanol–water partition coefficient (Wildman–Crippen LogP) is 1.19. The molecule has 2 aliphatic heterocycles. The summed E-state index contributed by atoms with van der Waals surface area (Å²) < 4.78 is 38.9. The van der Waals surface area contributed by atoms with Crippen LogP contribution in [0, 0.1) is 5.82 Å². The summed E-state index contributed by atoms with van der Waals surface area (Å²) in [6.45, 7) is 0.901. The number of para-hydroxylation sites is 1. The van der Waals surface area contributed by atoms with E-state index in [0.717, 1.165) is 19.4 Å². The Kier molecular flexibility index (Phi) is 4.28. The van der Waals surface area contributed by atoms with Gasteiger partial charge in [0.1, 0.15) is 12.0 Å². The lowest BCUT2D eigenvalue weighted by Crippen LogP contribution is -2.51. The van der Waals surface area contributed by atoms with E-state index in [1.54, 1.807) is 47.5 Å². The van der Waals surface area contributed by atoms with Crippen molar-refractivity contribution in [2.75, 3.05) is 17.7 Å². The molecule has 0 aliphatic carbocycles. The van der Waals surface area contributed by atoms with Gasteiger partial charge in [0.15, 0.2) is 9.84 Å². The molecule has 7 heteroatoms. The third-order valence-electron chi connectivity index (χ3n) is 4.86. The maximum absolute atomic E-state index is 14.5. The molecule has 2 atom stereocenters. The van der Waals surface area contributed by atoms with Gasteiger partial charge in [0, 0.05) is 23.7 Å². The highest BCUT2D eigenvalue weighted by molar-refractivity contribution is 7.90. The number of hydrogen-bond donors (Lipinski definition) is 1. The molecule has 2 aliphatic rings. The lowest BCUT2D eigenvalue weighted by molar-refractivity contribution is 0.477. The van der Waals surface area contributed by atoms with Gasteiger partial charge in [0.05, 0.1) is 15.9 Å². The highest BCUT2D eigenvalue weighted by atomic mass is 32.2. The van der Waals surface area contributed by atoms with Crippen LogP contribution in [0.25, 0.3) is 6.20 Å². The minimum Gasteiger partial charge on any atom is -0.321 e. The number of hydrogen-bond acceptors (Lipinski definition) is 5. The number of halogens is 1. The van der Waals surface area contributed by atoms with E-state index in [-0.39, 0.29) is 22.9 Å². The van der Waals surface area contributed by atoms with E-state index in [1.165, 1.54) is 12.3 Å². The average molecular weight is 373 g/mol. The number of fused-ring (bicyclic) bond motifs is 1. The van der Waals surface area contributed by atoms with Crippen LogP contribution in [0.3, 0.4) is 0 Å². The Morgan fingerprint density at radius 2 is 2.00 bits per heavy atom. The number of anilines is 1. The first-order chi connectivity index (χ1) is 12.4. The van der Waals surface area contributed by atoms with Crippen LogP contribution in [0.2, 0.25) is 0 Å². The van der Waals surface area contributed by atoms with E-state index in [4.69, 9.17) is 4.99 Å². The van der Waals surface area contributed by atoms with Crippen LogP contribution in [-0.2, 0) is 9.84 Å². The van der Waals surface area contributed by atoms with Crippen LogP contribution in [0.4, 0.5) is 10.1 Å². The highest BCUT2D eigenvalue weighted by Crippen LogP contribution is 2.26. The van der Waals surface area contributed by atoms with Gasteiger partial charge in [-0.25, -0.2) is 12.8 Å². The minimum absolute atomic E-state index is 0.0842. The quantitative estimate of drug-likeness (QED) is 0.878. The van der Waals surface area contributed by atoms with Crippen LogP contribution in [-0.4, -0.2) is 33.4 Å². The van der Waals surface area contributed by atoms with E-state index >= 15 is 0 Å². The van der Waals surface area contributed by atoms with Crippen LogP contribution in [0.1, 0.15) is 12.8 Å². The van der Waals surface area contributed by atoms with Gasteiger partial charge >= 0.3 is 0 Å². The van der Waals surface area contributed by atoms with E-state index in [2.05, 4.69) is 5.32 Å². The average Bonchev–Trinajstić information content (AvgIpc) is 3.14. The molecular formula is C19H20FN3O2S. The van der Waals surface area contributed by atoms with Crippen LogP contribution in [0.15, 0.2) is 52.4 Å². The first kappa shape index (κ1) is 17.2. The van der Waals surface area contributed by atoms with Crippen molar-refractivity contribution in [3.8, 4) is 0 Å². The molecule has 2 aromatic rings. The summed E-state index contributed by atoms with van der Waals surface area (Å²) in [5.74, 6) is -0.359. The monoisotopic (exact) mass is 373 g/mol. The van der Waals surface area contributed by atoms with E-state index < -0.39 is 9.84 Å². The zero-order chi connectivity index (χ0) is 18.3. The smallest absolute Gasteiger partial charge is 0.176 e. The van der Waals surface area contributed by atoms with E-state index in [0.29, 0.717) is 16.3 Å². The topological polar surface area (TPSA) is 61.8 Å². The van der Waals surface area contributed by atoms with Crippen molar-refractivity contribution >= 4 is 21.7 Å². The summed E-state index contributed by atoms with van der Waals surface area (Å²) in [6, 6.07) is 11.7. The van der Waals surface area contributed by atoms with Gasteiger partial charge < -0.3 is 10.2 Å². The molecule has 4 rings (SSSR count). The number of nitrogens with zero attached hydrogens (tertiary/aromatic N) is 2. The second-order valence-electron chi connectivity index (χ2n) is 6.69. The van der Waals surface area contributed by atoms with Gasteiger partial charge in [-0.05, 0) is 43.7 Å². The molecule has 0 saturated carbocycles. The van der Waals surface area contributed by atoms with Gasteiger partial charge in [-0.3, -0.25) is 4.99 Å².